The van der Waals surface area contributed by atoms with Crippen LogP contribution in [0.5, 0.6) is 5.75 Å². The number of Topliss-reactive ketones (excluding diaryl/α,β-unsaturated/α-hetero) is 1. The Labute approximate surface area is 128 Å². The van der Waals surface area contributed by atoms with E-state index in [1.165, 1.54) is 23.3 Å². The van der Waals surface area contributed by atoms with E-state index in [2.05, 4.69) is 6.07 Å². The lowest BCUT2D eigenvalue weighted by atomic mass is 9.88. The number of ether oxygens (including phenoxy) is 1. The fraction of sp³-hybridized carbons (Fsp3) is 0.389. The fourth-order valence-corrected chi connectivity index (χ4v) is 4.65. The number of rotatable bonds is 2. The smallest absolute Gasteiger partial charge is 0.180 e. The van der Waals surface area contributed by atoms with Crippen LogP contribution in [0, 0.1) is 0 Å². The van der Waals surface area contributed by atoms with Crippen LogP contribution in [0.25, 0.3) is 0 Å². The molecular formula is C18H18O2S. The van der Waals surface area contributed by atoms with Gasteiger partial charge in [-0.15, -0.1) is 11.3 Å². The third-order valence-electron chi connectivity index (χ3n) is 4.51. The van der Waals surface area contributed by atoms with Gasteiger partial charge in [-0.2, -0.15) is 0 Å². The second-order valence-corrected chi connectivity index (χ2v) is 6.99. The van der Waals surface area contributed by atoms with Gasteiger partial charge < -0.3 is 4.74 Å². The first-order valence-corrected chi connectivity index (χ1v) is 8.52. The predicted molar refractivity (Wildman–Crippen MR) is 84.6 cm³/mol. The van der Waals surface area contributed by atoms with Crippen LogP contribution in [-0.4, -0.2) is 12.4 Å². The van der Waals surface area contributed by atoms with Crippen molar-refractivity contribution in [2.24, 2.45) is 0 Å². The molecule has 21 heavy (non-hydrogen) atoms. The minimum atomic E-state index is -0.0324. The first-order valence-electron chi connectivity index (χ1n) is 7.70. The van der Waals surface area contributed by atoms with Crippen LogP contribution < -0.4 is 4.74 Å². The Kier molecular flexibility index (Phi) is 3.30. The molecule has 2 nitrogen and oxygen atoms in total. The zero-order valence-electron chi connectivity index (χ0n) is 11.9. The van der Waals surface area contributed by atoms with Gasteiger partial charge in [0.25, 0.3) is 0 Å². The quantitative estimate of drug-likeness (QED) is 0.769. The summed E-state index contributed by atoms with van der Waals surface area (Å²) in [5.74, 6) is 1.13. The number of carbonyl (C=O) groups excluding carboxylic acids is 1. The Balaban J connectivity index is 1.68. The molecule has 2 heterocycles. The van der Waals surface area contributed by atoms with Gasteiger partial charge >= 0.3 is 0 Å². The van der Waals surface area contributed by atoms with E-state index in [0.29, 0.717) is 6.61 Å². The molecule has 4 rings (SSSR count). The summed E-state index contributed by atoms with van der Waals surface area (Å²) in [5, 5.41) is 0. The maximum atomic E-state index is 12.9. The zero-order chi connectivity index (χ0) is 14.2. The number of aryl methyl sites for hydroxylation is 2. The molecule has 1 aromatic heterocycles. The third-order valence-corrected chi connectivity index (χ3v) is 5.77. The molecular weight excluding hydrogens is 280 g/mol. The Morgan fingerprint density at radius 2 is 2.05 bits per heavy atom. The molecule has 0 amide bonds. The maximum Gasteiger partial charge on any atom is 0.180 e. The standard InChI is InChI=1S/C18H18O2S/c19-18(17-11-12-5-1-4-8-16(12)21-17)14-9-10-20-15-7-3-2-6-13(14)15/h2-3,6-7,11,14H,1,4-5,8-10H2. The average molecular weight is 298 g/mol. The molecule has 0 bridgehead atoms. The molecule has 1 aliphatic carbocycles. The van der Waals surface area contributed by atoms with Crippen LogP contribution in [0.3, 0.4) is 0 Å². The number of benzene rings is 1. The van der Waals surface area contributed by atoms with Crippen molar-refractivity contribution < 1.29 is 9.53 Å². The number of para-hydroxylation sites is 1. The highest BCUT2D eigenvalue weighted by atomic mass is 32.1. The molecule has 1 unspecified atom stereocenters. The van der Waals surface area contributed by atoms with Gasteiger partial charge in [0.05, 0.1) is 17.4 Å². The van der Waals surface area contributed by atoms with Crippen LogP contribution in [-0.2, 0) is 12.8 Å². The summed E-state index contributed by atoms with van der Waals surface area (Å²) in [5.41, 5.74) is 2.47. The molecule has 1 aromatic carbocycles. The second kappa shape index (κ2) is 5.30. The van der Waals surface area contributed by atoms with Crippen molar-refractivity contribution in [1.29, 1.82) is 0 Å². The minimum absolute atomic E-state index is 0.0324. The molecule has 0 spiro atoms. The summed E-state index contributed by atoms with van der Waals surface area (Å²) in [7, 11) is 0. The van der Waals surface area contributed by atoms with Gasteiger partial charge in [0.15, 0.2) is 5.78 Å². The summed E-state index contributed by atoms with van der Waals surface area (Å²) in [6, 6.07) is 10.1. The Morgan fingerprint density at radius 1 is 1.19 bits per heavy atom. The Morgan fingerprint density at radius 3 is 2.95 bits per heavy atom. The van der Waals surface area contributed by atoms with Gasteiger partial charge in [0.1, 0.15) is 5.75 Å². The molecule has 1 atom stereocenters. The average Bonchev–Trinajstić information content (AvgIpc) is 2.97. The van der Waals surface area contributed by atoms with Crippen LogP contribution >= 0.6 is 11.3 Å². The summed E-state index contributed by atoms with van der Waals surface area (Å²) in [6.07, 6.45) is 5.61. The normalized spacial score (nSPS) is 20.3. The van der Waals surface area contributed by atoms with Gasteiger partial charge in [0, 0.05) is 10.4 Å². The van der Waals surface area contributed by atoms with Crippen LogP contribution in [0.15, 0.2) is 30.3 Å². The summed E-state index contributed by atoms with van der Waals surface area (Å²) in [4.78, 5) is 15.3. The van der Waals surface area contributed by atoms with Crippen molar-refractivity contribution in [3.8, 4) is 5.75 Å². The predicted octanol–water partition coefficient (Wildman–Crippen LogP) is 4.38. The van der Waals surface area contributed by atoms with E-state index in [1.54, 1.807) is 11.3 Å². The van der Waals surface area contributed by atoms with E-state index in [-0.39, 0.29) is 11.7 Å². The van der Waals surface area contributed by atoms with Gasteiger partial charge in [0.2, 0.25) is 0 Å². The number of hydrogen-bond acceptors (Lipinski definition) is 3. The van der Waals surface area contributed by atoms with Crippen molar-refractivity contribution in [2.45, 2.75) is 38.0 Å². The fourth-order valence-electron chi connectivity index (χ4n) is 3.40. The lowest BCUT2D eigenvalue weighted by Gasteiger charge is -2.24. The highest BCUT2D eigenvalue weighted by molar-refractivity contribution is 7.14. The van der Waals surface area contributed by atoms with Gasteiger partial charge in [-0.1, -0.05) is 18.2 Å². The van der Waals surface area contributed by atoms with Gasteiger partial charge in [-0.05, 0) is 49.8 Å². The molecule has 2 aromatic rings. The summed E-state index contributed by atoms with van der Waals surface area (Å²) >= 11 is 1.72. The Hall–Kier alpha value is -1.61. The molecule has 3 heteroatoms. The second-order valence-electron chi connectivity index (χ2n) is 5.86. The van der Waals surface area contributed by atoms with Crippen molar-refractivity contribution in [2.75, 3.05) is 6.61 Å². The maximum absolute atomic E-state index is 12.9. The number of ketones is 1. The molecule has 0 N–H and O–H groups in total. The van der Waals surface area contributed by atoms with E-state index in [4.69, 9.17) is 4.74 Å². The lowest BCUT2D eigenvalue weighted by Crippen LogP contribution is -2.20. The molecule has 0 saturated heterocycles. The number of fused-ring (bicyclic) bond motifs is 2. The molecule has 0 fully saturated rings. The Bertz CT molecular complexity index is 663. The van der Waals surface area contributed by atoms with E-state index < -0.39 is 0 Å². The topological polar surface area (TPSA) is 26.3 Å². The van der Waals surface area contributed by atoms with E-state index >= 15 is 0 Å². The summed E-state index contributed by atoms with van der Waals surface area (Å²) in [6.45, 7) is 0.637. The van der Waals surface area contributed by atoms with Crippen LogP contribution in [0.1, 0.15) is 50.9 Å². The highest BCUT2D eigenvalue weighted by Crippen LogP contribution is 2.38. The first-order chi connectivity index (χ1) is 10.3. The van der Waals surface area contributed by atoms with Gasteiger partial charge in [-0.3, -0.25) is 4.79 Å². The molecule has 0 radical (unpaired) electrons. The third kappa shape index (κ3) is 2.30. The SMILES string of the molecule is O=C(c1cc2c(s1)CCCC2)C1CCOc2ccccc21. The van der Waals surface area contributed by atoms with Crippen molar-refractivity contribution in [3.05, 3.63) is 51.2 Å². The monoisotopic (exact) mass is 298 g/mol. The number of hydrogen-bond donors (Lipinski definition) is 0. The minimum Gasteiger partial charge on any atom is -0.493 e. The molecule has 108 valence electrons. The largest absolute Gasteiger partial charge is 0.493 e. The van der Waals surface area contributed by atoms with Crippen LogP contribution in [0.4, 0.5) is 0 Å². The van der Waals surface area contributed by atoms with Crippen LogP contribution in [0.2, 0.25) is 0 Å². The van der Waals surface area contributed by atoms with E-state index in [1.807, 2.05) is 24.3 Å². The molecule has 1 aliphatic heterocycles. The molecule has 2 aliphatic rings. The van der Waals surface area contributed by atoms with E-state index in [0.717, 1.165) is 35.5 Å². The van der Waals surface area contributed by atoms with E-state index in [9.17, 15) is 4.79 Å². The first kappa shape index (κ1) is 13.1. The lowest BCUT2D eigenvalue weighted by molar-refractivity contribution is 0.0937. The highest BCUT2D eigenvalue weighted by Gasteiger charge is 2.30. The van der Waals surface area contributed by atoms with Crippen molar-refractivity contribution >= 4 is 17.1 Å². The van der Waals surface area contributed by atoms with Crippen molar-refractivity contribution in [3.63, 3.8) is 0 Å². The zero-order valence-corrected chi connectivity index (χ0v) is 12.7. The number of carbonyl (C=O) groups is 1. The van der Waals surface area contributed by atoms with Crippen molar-refractivity contribution in [1.82, 2.24) is 0 Å². The summed E-state index contributed by atoms with van der Waals surface area (Å²) < 4.78 is 5.67. The molecule has 0 saturated carbocycles. The van der Waals surface area contributed by atoms with Gasteiger partial charge in [-0.25, -0.2) is 0 Å². The number of thiophene rings is 1.